The molecular weight excluding hydrogens is 280 g/mol. The summed E-state index contributed by atoms with van der Waals surface area (Å²) in [7, 11) is 1.67. The summed E-state index contributed by atoms with van der Waals surface area (Å²) in [4.78, 5) is 26.5. The van der Waals surface area contributed by atoms with Crippen LogP contribution in [0.15, 0.2) is 18.2 Å². The number of amides is 2. The molecule has 0 fully saturated rings. The fraction of sp³-hybridized carbons (Fsp3) is 0.529. The second kappa shape index (κ2) is 5.99. The number of anilines is 1. The van der Waals surface area contributed by atoms with Crippen molar-refractivity contribution < 1.29 is 14.3 Å². The van der Waals surface area contributed by atoms with E-state index in [0.717, 1.165) is 12.0 Å². The number of nitrogens with one attached hydrogen (secondary N) is 1. The zero-order valence-electron chi connectivity index (χ0n) is 13.9. The molecule has 1 aliphatic rings. The lowest BCUT2D eigenvalue weighted by Crippen LogP contribution is -2.61. The molecule has 1 aromatic rings. The molecule has 1 unspecified atom stereocenters. The Morgan fingerprint density at radius 1 is 1.41 bits per heavy atom. The molecule has 0 aliphatic carbocycles. The number of fused-ring (bicyclic) bond motifs is 1. The van der Waals surface area contributed by atoms with Crippen LogP contribution in [0.25, 0.3) is 0 Å². The SMILES string of the molecule is Cc1ccc2c(c1)N(C)C(=O)C(C)(C(=O)NCCC(C)C)O2. The van der Waals surface area contributed by atoms with Crippen LogP contribution in [0.1, 0.15) is 32.8 Å². The van der Waals surface area contributed by atoms with Crippen molar-refractivity contribution in [2.45, 2.75) is 39.7 Å². The summed E-state index contributed by atoms with van der Waals surface area (Å²) in [5.74, 6) is 0.292. The van der Waals surface area contributed by atoms with Gasteiger partial charge >= 0.3 is 0 Å². The lowest BCUT2D eigenvalue weighted by Gasteiger charge is -2.38. The number of nitrogens with zero attached hydrogens (tertiary/aromatic N) is 1. The second-order valence-electron chi connectivity index (χ2n) is 6.41. The van der Waals surface area contributed by atoms with E-state index in [2.05, 4.69) is 19.2 Å². The summed E-state index contributed by atoms with van der Waals surface area (Å²) in [6, 6.07) is 5.58. The first-order chi connectivity index (χ1) is 10.3. The van der Waals surface area contributed by atoms with Crippen LogP contribution in [0.2, 0.25) is 0 Å². The third-order valence-electron chi connectivity index (χ3n) is 3.94. The van der Waals surface area contributed by atoms with E-state index in [1.165, 1.54) is 11.8 Å². The van der Waals surface area contributed by atoms with E-state index in [9.17, 15) is 9.59 Å². The number of carbonyl (C=O) groups excluding carboxylic acids is 2. The predicted molar refractivity (Wildman–Crippen MR) is 86.1 cm³/mol. The molecule has 1 atom stereocenters. The molecule has 0 saturated heterocycles. The van der Waals surface area contributed by atoms with Gasteiger partial charge in [-0.2, -0.15) is 0 Å². The summed E-state index contributed by atoms with van der Waals surface area (Å²) < 4.78 is 5.77. The van der Waals surface area contributed by atoms with Crippen molar-refractivity contribution in [1.82, 2.24) is 5.32 Å². The van der Waals surface area contributed by atoms with Gasteiger partial charge in [0.15, 0.2) is 0 Å². The highest BCUT2D eigenvalue weighted by Crippen LogP contribution is 2.37. The molecule has 120 valence electrons. The molecule has 1 aromatic carbocycles. The first kappa shape index (κ1) is 16.3. The first-order valence-electron chi connectivity index (χ1n) is 7.62. The average molecular weight is 304 g/mol. The highest BCUT2D eigenvalue weighted by Gasteiger charge is 2.49. The van der Waals surface area contributed by atoms with Crippen molar-refractivity contribution in [1.29, 1.82) is 0 Å². The Balaban J connectivity index is 2.22. The normalized spacial score (nSPS) is 20.6. The van der Waals surface area contributed by atoms with Gasteiger partial charge in [-0.1, -0.05) is 19.9 Å². The van der Waals surface area contributed by atoms with Gasteiger partial charge in [0.05, 0.1) is 5.69 Å². The van der Waals surface area contributed by atoms with Crippen LogP contribution in [0.4, 0.5) is 5.69 Å². The average Bonchev–Trinajstić information content (AvgIpc) is 2.45. The molecule has 1 heterocycles. The van der Waals surface area contributed by atoms with E-state index < -0.39 is 11.5 Å². The van der Waals surface area contributed by atoms with E-state index in [1.54, 1.807) is 13.1 Å². The number of aryl methyl sites for hydroxylation is 1. The van der Waals surface area contributed by atoms with Gasteiger partial charge in [0.25, 0.3) is 17.4 Å². The minimum absolute atomic E-state index is 0.354. The summed E-state index contributed by atoms with van der Waals surface area (Å²) in [6.07, 6.45) is 0.863. The van der Waals surface area contributed by atoms with Crippen molar-refractivity contribution in [3.05, 3.63) is 23.8 Å². The van der Waals surface area contributed by atoms with E-state index in [1.807, 2.05) is 19.1 Å². The standard InChI is InChI=1S/C17H24N2O3/c1-11(2)8-9-18-15(20)17(4)16(21)19(5)13-10-12(3)6-7-14(13)22-17/h6-7,10-11H,8-9H2,1-5H3,(H,18,20). The largest absolute Gasteiger partial charge is 0.466 e. The van der Waals surface area contributed by atoms with E-state index >= 15 is 0 Å². The zero-order chi connectivity index (χ0) is 16.5. The van der Waals surface area contributed by atoms with Crippen molar-refractivity contribution in [2.24, 2.45) is 5.92 Å². The van der Waals surface area contributed by atoms with E-state index in [-0.39, 0.29) is 5.91 Å². The second-order valence-corrected chi connectivity index (χ2v) is 6.41. The van der Waals surface area contributed by atoms with E-state index in [4.69, 9.17) is 4.74 Å². The van der Waals surface area contributed by atoms with Gasteiger partial charge in [-0.05, 0) is 43.9 Å². The maximum absolute atomic E-state index is 12.6. The number of carbonyl (C=O) groups is 2. The molecule has 5 heteroatoms. The van der Waals surface area contributed by atoms with Crippen LogP contribution in [0.5, 0.6) is 5.75 Å². The first-order valence-corrected chi connectivity index (χ1v) is 7.62. The lowest BCUT2D eigenvalue weighted by atomic mass is 9.99. The Bertz CT molecular complexity index is 598. The van der Waals surface area contributed by atoms with Gasteiger partial charge in [0.2, 0.25) is 0 Å². The molecule has 0 saturated carbocycles. The van der Waals surface area contributed by atoms with Crippen molar-refractivity contribution in [3.63, 3.8) is 0 Å². The topological polar surface area (TPSA) is 58.6 Å². The third kappa shape index (κ3) is 2.93. The molecule has 0 spiro atoms. The molecule has 0 aromatic heterocycles. The minimum Gasteiger partial charge on any atom is -0.466 e. The lowest BCUT2D eigenvalue weighted by molar-refractivity contribution is -0.148. The maximum atomic E-state index is 12.6. The Morgan fingerprint density at radius 2 is 2.09 bits per heavy atom. The zero-order valence-corrected chi connectivity index (χ0v) is 13.9. The Hall–Kier alpha value is -2.04. The Labute approximate surface area is 131 Å². The smallest absolute Gasteiger partial charge is 0.280 e. The summed E-state index contributed by atoms with van der Waals surface area (Å²) in [6.45, 7) is 8.18. The number of hydrogen-bond acceptors (Lipinski definition) is 3. The van der Waals surface area contributed by atoms with Crippen LogP contribution in [-0.4, -0.2) is 31.0 Å². The minimum atomic E-state index is -1.52. The number of benzene rings is 1. The molecule has 1 N–H and O–H groups in total. The fourth-order valence-corrected chi connectivity index (χ4v) is 2.46. The van der Waals surface area contributed by atoms with Crippen molar-refractivity contribution in [2.75, 3.05) is 18.5 Å². The molecular formula is C17H24N2O3. The molecule has 0 radical (unpaired) electrons. The van der Waals surface area contributed by atoms with Gasteiger partial charge in [-0.3, -0.25) is 9.59 Å². The van der Waals surface area contributed by atoms with Gasteiger partial charge in [-0.25, -0.2) is 0 Å². The van der Waals surface area contributed by atoms with Gasteiger partial charge in [0, 0.05) is 13.6 Å². The van der Waals surface area contributed by atoms with Crippen molar-refractivity contribution in [3.8, 4) is 5.75 Å². The molecule has 2 rings (SSSR count). The molecule has 1 aliphatic heterocycles. The quantitative estimate of drug-likeness (QED) is 0.868. The monoisotopic (exact) mass is 304 g/mol. The van der Waals surface area contributed by atoms with Crippen LogP contribution in [-0.2, 0) is 9.59 Å². The Kier molecular flexibility index (Phi) is 4.44. The molecule has 5 nitrogen and oxygen atoms in total. The van der Waals surface area contributed by atoms with Crippen LogP contribution >= 0.6 is 0 Å². The summed E-state index contributed by atoms with van der Waals surface area (Å²) in [5.41, 5.74) is 0.206. The van der Waals surface area contributed by atoms with E-state index in [0.29, 0.717) is 23.9 Å². The fourth-order valence-electron chi connectivity index (χ4n) is 2.46. The summed E-state index contributed by atoms with van der Waals surface area (Å²) in [5, 5.41) is 2.81. The maximum Gasteiger partial charge on any atom is 0.280 e. The summed E-state index contributed by atoms with van der Waals surface area (Å²) >= 11 is 0. The van der Waals surface area contributed by atoms with Gasteiger partial charge in [0.1, 0.15) is 5.75 Å². The van der Waals surface area contributed by atoms with Crippen LogP contribution in [0, 0.1) is 12.8 Å². The Morgan fingerprint density at radius 3 is 2.73 bits per heavy atom. The van der Waals surface area contributed by atoms with Crippen LogP contribution in [0.3, 0.4) is 0 Å². The number of ether oxygens (including phenoxy) is 1. The number of hydrogen-bond donors (Lipinski definition) is 1. The molecule has 2 amide bonds. The molecule has 0 bridgehead atoms. The highest BCUT2D eigenvalue weighted by atomic mass is 16.5. The highest BCUT2D eigenvalue weighted by molar-refractivity contribution is 6.16. The van der Waals surface area contributed by atoms with Crippen LogP contribution < -0.4 is 15.0 Å². The molecule has 22 heavy (non-hydrogen) atoms. The third-order valence-corrected chi connectivity index (χ3v) is 3.94. The number of likely N-dealkylation sites (N-methyl/N-ethyl adjacent to an activating group) is 1. The predicted octanol–water partition coefficient (Wildman–Crippen LogP) is 2.27. The number of rotatable bonds is 4. The van der Waals surface area contributed by atoms with Crippen molar-refractivity contribution >= 4 is 17.5 Å². The van der Waals surface area contributed by atoms with Gasteiger partial charge in [-0.15, -0.1) is 0 Å². The van der Waals surface area contributed by atoms with Gasteiger partial charge < -0.3 is 15.0 Å².